The Bertz CT molecular complexity index is 234. The number of quaternary nitrogens is 1. The molecule has 0 aliphatic heterocycles. The van der Waals surface area contributed by atoms with Crippen molar-refractivity contribution in [3.05, 3.63) is 0 Å². The number of hydrogen-bond acceptors (Lipinski definition) is 2. The first-order valence-electron chi connectivity index (χ1n) is 10.1. The summed E-state index contributed by atoms with van der Waals surface area (Å²) >= 11 is 0. The average Bonchev–Trinajstić information content (AvgIpc) is 2.52. The van der Waals surface area contributed by atoms with Gasteiger partial charge in [0, 0.05) is 0 Å². The van der Waals surface area contributed by atoms with Gasteiger partial charge in [0.15, 0.2) is 0 Å². The van der Waals surface area contributed by atoms with Crippen molar-refractivity contribution in [2.75, 3.05) is 26.7 Å². The van der Waals surface area contributed by atoms with Crippen LogP contribution in [0, 0.1) is 0 Å². The minimum absolute atomic E-state index is 1.34. The maximum atomic E-state index is 8.44. The third-order valence-electron chi connectivity index (χ3n) is 4.65. The maximum absolute atomic E-state index is 8.44. The van der Waals surface area contributed by atoms with Crippen LogP contribution < -0.4 is 5.11 Å². The summed E-state index contributed by atoms with van der Waals surface area (Å²) in [5, 5.41) is 15.3. The van der Waals surface area contributed by atoms with Crippen molar-refractivity contribution >= 4 is 6.16 Å². The van der Waals surface area contributed by atoms with E-state index >= 15 is 0 Å². The van der Waals surface area contributed by atoms with Crippen molar-refractivity contribution in [1.29, 1.82) is 0 Å². The Balaban J connectivity index is 0. The number of carbonyl (C=O) groups is 1. The molecule has 0 unspecified atom stereocenters. The van der Waals surface area contributed by atoms with E-state index < -0.39 is 6.16 Å². The number of carboxylic acid groups (broad SMARTS) is 2. The summed E-state index contributed by atoms with van der Waals surface area (Å²) in [5.74, 6) is 0. The number of rotatable bonds is 15. The number of nitrogens with zero attached hydrogens (tertiary/aromatic N) is 1. The second-order valence-corrected chi connectivity index (χ2v) is 7.24. The highest BCUT2D eigenvalue weighted by Gasteiger charge is 2.19. The molecule has 0 aromatic carbocycles. The van der Waals surface area contributed by atoms with Gasteiger partial charge in [-0.1, -0.05) is 59.3 Å². The van der Waals surface area contributed by atoms with Gasteiger partial charge in [0.05, 0.1) is 26.7 Å². The van der Waals surface area contributed by atoms with E-state index in [0.29, 0.717) is 0 Å². The summed E-state index contributed by atoms with van der Waals surface area (Å²) in [4.78, 5) is 8.44. The second-order valence-electron chi connectivity index (χ2n) is 7.24. The van der Waals surface area contributed by atoms with Gasteiger partial charge in [-0.25, -0.2) is 0 Å². The highest BCUT2D eigenvalue weighted by atomic mass is 16.6. The minimum Gasteiger partial charge on any atom is -0.565 e. The molecule has 0 aromatic rings. The first-order chi connectivity index (χ1) is 11.4. The van der Waals surface area contributed by atoms with E-state index in [0.717, 1.165) is 0 Å². The van der Waals surface area contributed by atoms with Gasteiger partial charge in [0.25, 0.3) is 0 Å². The van der Waals surface area contributed by atoms with E-state index in [1.165, 1.54) is 101 Å². The van der Waals surface area contributed by atoms with E-state index in [1.807, 2.05) is 0 Å². The first kappa shape index (κ1) is 25.5. The zero-order valence-electron chi connectivity index (χ0n) is 16.8. The Morgan fingerprint density at radius 2 is 0.958 bits per heavy atom. The van der Waals surface area contributed by atoms with Crippen LogP contribution in [0.15, 0.2) is 0 Å². The SMILES string of the molecule is CCCCCC[N+](C)(CCCCCC)CCCCCC.O=C([O-])O. The monoisotopic (exact) mass is 345 g/mol. The molecule has 0 aliphatic carbocycles. The second kappa shape index (κ2) is 18.6. The van der Waals surface area contributed by atoms with Crippen LogP contribution in [0.5, 0.6) is 0 Å². The molecule has 0 atom stereocenters. The summed E-state index contributed by atoms with van der Waals surface area (Å²) < 4.78 is 1.34. The van der Waals surface area contributed by atoms with Crippen molar-refractivity contribution in [1.82, 2.24) is 0 Å². The molecule has 0 rings (SSSR count). The van der Waals surface area contributed by atoms with Gasteiger partial charge in [0.1, 0.15) is 0 Å². The van der Waals surface area contributed by atoms with E-state index in [4.69, 9.17) is 15.0 Å². The zero-order valence-corrected chi connectivity index (χ0v) is 16.8. The molecule has 0 saturated heterocycles. The summed E-state index contributed by atoms with van der Waals surface area (Å²) in [7, 11) is 2.52. The van der Waals surface area contributed by atoms with Crippen LogP contribution in [0.25, 0.3) is 0 Å². The van der Waals surface area contributed by atoms with Gasteiger partial charge in [-0.15, -0.1) is 0 Å². The van der Waals surface area contributed by atoms with Crippen LogP contribution in [0.4, 0.5) is 4.79 Å². The van der Waals surface area contributed by atoms with Crippen molar-refractivity contribution in [2.45, 2.75) is 97.8 Å². The normalized spacial score (nSPS) is 11.0. The molecule has 1 N–H and O–H groups in total. The predicted molar refractivity (Wildman–Crippen MR) is 101 cm³/mol. The van der Waals surface area contributed by atoms with Crippen LogP contribution >= 0.6 is 0 Å². The fourth-order valence-electron chi connectivity index (χ4n) is 3.10. The third kappa shape index (κ3) is 21.2. The Hall–Kier alpha value is -0.770. The molecule has 146 valence electrons. The van der Waals surface area contributed by atoms with Crippen molar-refractivity contribution in [2.24, 2.45) is 0 Å². The molecule has 0 amide bonds. The van der Waals surface area contributed by atoms with Crippen molar-refractivity contribution in [3.63, 3.8) is 0 Å². The summed E-state index contributed by atoms with van der Waals surface area (Å²) in [6, 6.07) is 0. The molecule has 0 bridgehead atoms. The van der Waals surface area contributed by atoms with E-state index in [2.05, 4.69) is 27.8 Å². The summed E-state index contributed by atoms with van der Waals surface area (Å²) in [6.45, 7) is 11.2. The fraction of sp³-hybridized carbons (Fsp3) is 0.950. The van der Waals surface area contributed by atoms with Crippen molar-refractivity contribution in [3.8, 4) is 0 Å². The average molecular weight is 346 g/mol. The van der Waals surface area contributed by atoms with Gasteiger partial charge < -0.3 is 19.5 Å². The lowest BCUT2D eigenvalue weighted by Crippen LogP contribution is -2.46. The minimum atomic E-state index is -2.08. The number of hydrogen-bond donors (Lipinski definition) is 1. The van der Waals surface area contributed by atoms with E-state index in [-0.39, 0.29) is 0 Å². The lowest BCUT2D eigenvalue weighted by Gasteiger charge is -2.35. The van der Waals surface area contributed by atoms with Crippen LogP contribution in [0.1, 0.15) is 97.8 Å². The fourth-order valence-corrected chi connectivity index (χ4v) is 3.10. The van der Waals surface area contributed by atoms with Crippen molar-refractivity contribution < 1.29 is 19.5 Å². The summed E-state index contributed by atoms with van der Waals surface area (Å²) in [5.41, 5.74) is 0. The summed E-state index contributed by atoms with van der Waals surface area (Å²) in [6.07, 6.45) is 14.9. The maximum Gasteiger partial charge on any atom is 0.249 e. The highest BCUT2D eigenvalue weighted by Crippen LogP contribution is 2.14. The lowest BCUT2D eigenvalue weighted by molar-refractivity contribution is -0.910. The van der Waals surface area contributed by atoms with Gasteiger partial charge in [0.2, 0.25) is 6.16 Å². The molecular weight excluding hydrogens is 302 g/mol. The Morgan fingerprint density at radius 1 is 0.708 bits per heavy atom. The largest absolute Gasteiger partial charge is 0.565 e. The molecule has 0 spiro atoms. The molecule has 4 heteroatoms. The van der Waals surface area contributed by atoms with Crippen LogP contribution in [-0.4, -0.2) is 42.4 Å². The van der Waals surface area contributed by atoms with E-state index in [9.17, 15) is 0 Å². The molecule has 0 saturated carbocycles. The van der Waals surface area contributed by atoms with Crippen LogP contribution in [0.3, 0.4) is 0 Å². The topological polar surface area (TPSA) is 60.4 Å². The standard InChI is InChI=1S/C19H42N.CH2O3/c1-5-8-11-14-17-20(4,18-15-12-9-6-2)19-16-13-10-7-3;2-1(3)4/h5-19H2,1-4H3;(H2,2,3,4)/q+1;/p-1. The van der Waals surface area contributed by atoms with Gasteiger partial charge in [-0.2, -0.15) is 0 Å². The predicted octanol–water partition coefficient (Wildman–Crippen LogP) is 5.06. The zero-order chi connectivity index (χ0) is 18.7. The molecular formula is C20H43NO3. The Labute approximate surface area is 150 Å². The quantitative estimate of drug-likeness (QED) is 0.333. The van der Waals surface area contributed by atoms with Gasteiger partial charge in [-0.05, 0) is 38.5 Å². The number of unbranched alkanes of at least 4 members (excludes halogenated alkanes) is 9. The molecule has 4 nitrogen and oxygen atoms in total. The highest BCUT2D eigenvalue weighted by molar-refractivity contribution is 5.50. The Kier molecular flexibility index (Phi) is 19.7. The third-order valence-corrected chi connectivity index (χ3v) is 4.65. The van der Waals surface area contributed by atoms with Gasteiger partial charge in [-0.3, -0.25) is 0 Å². The molecule has 0 fully saturated rings. The van der Waals surface area contributed by atoms with Crippen LogP contribution in [0.2, 0.25) is 0 Å². The molecule has 0 heterocycles. The Morgan fingerprint density at radius 3 is 1.17 bits per heavy atom. The smallest absolute Gasteiger partial charge is 0.249 e. The molecule has 0 aromatic heterocycles. The van der Waals surface area contributed by atoms with Gasteiger partial charge >= 0.3 is 0 Å². The first-order valence-corrected chi connectivity index (χ1v) is 10.1. The molecule has 24 heavy (non-hydrogen) atoms. The van der Waals surface area contributed by atoms with Crippen LogP contribution in [-0.2, 0) is 0 Å². The molecule has 0 aliphatic rings. The van der Waals surface area contributed by atoms with E-state index in [1.54, 1.807) is 0 Å². The lowest BCUT2D eigenvalue weighted by atomic mass is 10.1. The molecule has 0 radical (unpaired) electrons.